The molecule has 9 heteroatoms. The number of aliphatic carboxylic acids is 1. The van der Waals surface area contributed by atoms with Gasteiger partial charge in [-0.1, -0.05) is 15.9 Å². The highest BCUT2D eigenvalue weighted by molar-refractivity contribution is 9.10. The molecular weight excluding hydrogens is 335 g/mol. The van der Waals surface area contributed by atoms with E-state index >= 15 is 0 Å². The third-order valence-electron chi connectivity index (χ3n) is 1.76. The van der Waals surface area contributed by atoms with Crippen molar-refractivity contribution >= 4 is 33.5 Å². The van der Waals surface area contributed by atoms with Gasteiger partial charge < -0.3 is 15.2 Å². The average molecular weight is 342 g/mol. The fraction of sp³-hybridized carbons (Fsp3) is 0.200. The van der Waals surface area contributed by atoms with Crippen molar-refractivity contribution in [2.24, 2.45) is 0 Å². The Bertz CT molecular complexity index is 504. The third kappa shape index (κ3) is 5.60. The summed E-state index contributed by atoms with van der Waals surface area (Å²) < 4.78 is 40.5. The molecule has 0 fully saturated rings. The molecule has 0 aliphatic rings. The number of halogens is 4. The molecule has 1 amide bonds. The predicted octanol–water partition coefficient (Wildman–Crippen LogP) is 2.76. The Morgan fingerprint density at radius 3 is 2.53 bits per heavy atom. The van der Waals surface area contributed by atoms with Crippen molar-refractivity contribution < 1.29 is 32.6 Å². The fourth-order valence-corrected chi connectivity index (χ4v) is 1.48. The zero-order valence-electron chi connectivity index (χ0n) is 9.12. The Kier molecular flexibility index (Phi) is 4.76. The van der Waals surface area contributed by atoms with Crippen molar-refractivity contribution in [1.29, 1.82) is 0 Å². The standard InChI is InChI=1S/C10H7BrF3NO4/c11-5-1-2-6(15-8(16)4-9(17)18)7(3-5)19-10(12,13)14/h1-3H,4H2,(H,15,16)(H,17,18). The molecule has 0 radical (unpaired) electrons. The van der Waals surface area contributed by atoms with Crippen molar-refractivity contribution in [2.75, 3.05) is 5.32 Å². The van der Waals surface area contributed by atoms with Gasteiger partial charge in [-0.05, 0) is 18.2 Å². The molecule has 1 aromatic rings. The van der Waals surface area contributed by atoms with Gasteiger partial charge in [0.2, 0.25) is 5.91 Å². The summed E-state index contributed by atoms with van der Waals surface area (Å²) in [6, 6.07) is 3.54. The lowest BCUT2D eigenvalue weighted by molar-refractivity contribution is -0.274. The molecule has 1 rings (SSSR count). The second-order valence-corrected chi connectivity index (χ2v) is 4.22. The lowest BCUT2D eigenvalue weighted by Gasteiger charge is -2.14. The topological polar surface area (TPSA) is 75.6 Å². The minimum absolute atomic E-state index is 0.272. The summed E-state index contributed by atoms with van der Waals surface area (Å²) in [5.74, 6) is -2.99. The van der Waals surface area contributed by atoms with Crippen molar-refractivity contribution in [3.8, 4) is 5.75 Å². The summed E-state index contributed by atoms with van der Waals surface area (Å²) in [5.41, 5.74) is -0.272. The number of ether oxygens (including phenoxy) is 1. The van der Waals surface area contributed by atoms with Crippen LogP contribution in [-0.2, 0) is 9.59 Å². The van der Waals surface area contributed by atoms with E-state index in [1.54, 1.807) is 0 Å². The quantitative estimate of drug-likeness (QED) is 0.825. The van der Waals surface area contributed by atoms with Crippen LogP contribution in [-0.4, -0.2) is 23.3 Å². The molecular formula is C10H7BrF3NO4. The van der Waals surface area contributed by atoms with Crippen LogP contribution < -0.4 is 10.1 Å². The number of carboxylic acid groups (broad SMARTS) is 1. The summed E-state index contributed by atoms with van der Waals surface area (Å²) in [4.78, 5) is 21.5. The van der Waals surface area contributed by atoms with E-state index in [1.165, 1.54) is 6.07 Å². The summed E-state index contributed by atoms with van der Waals surface area (Å²) in [6.07, 6.45) is -5.78. The molecule has 0 aliphatic carbocycles. The molecule has 0 aliphatic heterocycles. The van der Waals surface area contributed by atoms with Gasteiger partial charge in [0.1, 0.15) is 6.42 Å². The number of hydrogen-bond donors (Lipinski definition) is 2. The van der Waals surface area contributed by atoms with Crippen molar-refractivity contribution in [3.05, 3.63) is 22.7 Å². The maximum Gasteiger partial charge on any atom is 0.573 e. The molecule has 0 heterocycles. The van der Waals surface area contributed by atoms with Gasteiger partial charge in [-0.3, -0.25) is 9.59 Å². The number of carbonyl (C=O) groups is 2. The van der Waals surface area contributed by atoms with Crippen LogP contribution >= 0.6 is 15.9 Å². The Balaban J connectivity index is 2.93. The number of amides is 1. The van der Waals surface area contributed by atoms with Crippen LogP contribution in [0.3, 0.4) is 0 Å². The van der Waals surface area contributed by atoms with E-state index in [-0.39, 0.29) is 5.69 Å². The Morgan fingerprint density at radius 2 is 2.00 bits per heavy atom. The van der Waals surface area contributed by atoms with Gasteiger partial charge in [0, 0.05) is 4.47 Å². The molecule has 0 bridgehead atoms. The van der Waals surface area contributed by atoms with Gasteiger partial charge in [-0.15, -0.1) is 13.2 Å². The minimum Gasteiger partial charge on any atom is -0.481 e. The first-order chi connectivity index (χ1) is 8.67. The van der Waals surface area contributed by atoms with Crippen LogP contribution in [0.15, 0.2) is 22.7 Å². The number of hydrogen-bond acceptors (Lipinski definition) is 3. The van der Waals surface area contributed by atoms with Gasteiger partial charge in [-0.2, -0.15) is 0 Å². The molecule has 104 valence electrons. The zero-order chi connectivity index (χ0) is 14.6. The van der Waals surface area contributed by atoms with Crippen molar-refractivity contribution in [3.63, 3.8) is 0 Å². The molecule has 0 atom stereocenters. The van der Waals surface area contributed by atoms with E-state index in [0.29, 0.717) is 4.47 Å². The maximum absolute atomic E-state index is 12.2. The van der Waals surface area contributed by atoms with E-state index in [2.05, 4.69) is 20.7 Å². The third-order valence-corrected chi connectivity index (χ3v) is 2.25. The predicted molar refractivity (Wildman–Crippen MR) is 61.7 cm³/mol. The van der Waals surface area contributed by atoms with E-state index in [1.807, 2.05) is 5.32 Å². The highest BCUT2D eigenvalue weighted by Crippen LogP contribution is 2.32. The molecule has 5 nitrogen and oxygen atoms in total. The lowest BCUT2D eigenvalue weighted by Crippen LogP contribution is -2.20. The normalized spacial score (nSPS) is 10.9. The minimum atomic E-state index is -4.92. The fourth-order valence-electron chi connectivity index (χ4n) is 1.14. The SMILES string of the molecule is O=C(O)CC(=O)Nc1ccc(Br)cc1OC(F)(F)F. The zero-order valence-corrected chi connectivity index (χ0v) is 10.7. The van der Waals surface area contributed by atoms with Crippen LogP contribution in [0.25, 0.3) is 0 Å². The molecule has 0 saturated heterocycles. The summed E-state index contributed by atoms with van der Waals surface area (Å²) in [6.45, 7) is 0. The van der Waals surface area contributed by atoms with Crippen molar-refractivity contribution in [2.45, 2.75) is 12.8 Å². The van der Waals surface area contributed by atoms with Crippen LogP contribution in [0.4, 0.5) is 18.9 Å². The Hall–Kier alpha value is -1.77. The monoisotopic (exact) mass is 341 g/mol. The van der Waals surface area contributed by atoms with Gasteiger partial charge in [0.25, 0.3) is 0 Å². The van der Waals surface area contributed by atoms with Gasteiger partial charge in [0.05, 0.1) is 5.69 Å². The summed E-state index contributed by atoms with van der Waals surface area (Å²) >= 11 is 2.96. The van der Waals surface area contributed by atoms with Crippen LogP contribution in [0.2, 0.25) is 0 Å². The Labute approximate surface area is 113 Å². The van der Waals surface area contributed by atoms with Gasteiger partial charge in [0.15, 0.2) is 5.75 Å². The number of nitrogens with one attached hydrogen (secondary N) is 1. The van der Waals surface area contributed by atoms with Crippen LogP contribution in [0, 0.1) is 0 Å². The van der Waals surface area contributed by atoms with Gasteiger partial charge >= 0.3 is 12.3 Å². The molecule has 0 spiro atoms. The number of carboxylic acids is 1. The summed E-state index contributed by atoms with van der Waals surface area (Å²) in [5, 5.41) is 10.4. The van der Waals surface area contributed by atoms with E-state index < -0.39 is 30.4 Å². The Morgan fingerprint density at radius 1 is 1.37 bits per heavy atom. The first kappa shape index (κ1) is 15.3. The van der Waals surface area contributed by atoms with Crippen LogP contribution in [0.1, 0.15) is 6.42 Å². The average Bonchev–Trinajstić information content (AvgIpc) is 2.18. The second kappa shape index (κ2) is 5.91. The number of carbonyl (C=O) groups excluding carboxylic acids is 1. The highest BCUT2D eigenvalue weighted by atomic mass is 79.9. The molecule has 0 unspecified atom stereocenters. The first-order valence-corrected chi connectivity index (χ1v) is 5.53. The van der Waals surface area contributed by atoms with Gasteiger partial charge in [-0.25, -0.2) is 0 Å². The molecule has 1 aromatic carbocycles. The lowest BCUT2D eigenvalue weighted by atomic mass is 10.3. The molecule has 0 saturated carbocycles. The van der Waals surface area contributed by atoms with Crippen LogP contribution in [0.5, 0.6) is 5.75 Å². The largest absolute Gasteiger partial charge is 0.573 e. The molecule has 0 aromatic heterocycles. The van der Waals surface area contributed by atoms with E-state index in [0.717, 1.165) is 12.1 Å². The molecule has 2 N–H and O–H groups in total. The maximum atomic E-state index is 12.2. The second-order valence-electron chi connectivity index (χ2n) is 3.31. The van der Waals surface area contributed by atoms with E-state index in [4.69, 9.17) is 5.11 Å². The highest BCUT2D eigenvalue weighted by Gasteiger charge is 2.32. The summed E-state index contributed by atoms with van der Waals surface area (Å²) in [7, 11) is 0. The van der Waals surface area contributed by atoms with Crippen molar-refractivity contribution in [1.82, 2.24) is 0 Å². The number of alkyl halides is 3. The van der Waals surface area contributed by atoms with E-state index in [9.17, 15) is 22.8 Å². The number of benzene rings is 1. The molecule has 19 heavy (non-hydrogen) atoms. The number of rotatable bonds is 4. The number of anilines is 1. The smallest absolute Gasteiger partial charge is 0.481 e. The first-order valence-electron chi connectivity index (χ1n) is 4.74.